The molecule has 0 saturated carbocycles. The van der Waals surface area contributed by atoms with Crippen LogP contribution in [0.3, 0.4) is 0 Å². The monoisotopic (exact) mass is 213 g/mol. The van der Waals surface area contributed by atoms with Crippen LogP contribution < -0.4 is 0 Å². The highest BCUT2D eigenvalue weighted by Crippen LogP contribution is 2.31. The lowest BCUT2D eigenvalue weighted by molar-refractivity contribution is 0.106. The van der Waals surface area contributed by atoms with Crippen molar-refractivity contribution in [1.29, 1.82) is 0 Å². The molecule has 0 aromatic carbocycles. The van der Waals surface area contributed by atoms with E-state index in [1.807, 2.05) is 0 Å². The van der Waals surface area contributed by atoms with Gasteiger partial charge in [0.1, 0.15) is 0 Å². The number of likely N-dealkylation sites (tertiary alicyclic amines) is 1. The molecule has 2 atom stereocenters. The van der Waals surface area contributed by atoms with Crippen molar-refractivity contribution in [2.75, 3.05) is 19.7 Å². The van der Waals surface area contributed by atoms with E-state index >= 15 is 0 Å². The van der Waals surface area contributed by atoms with Gasteiger partial charge in [-0.25, -0.2) is 0 Å². The zero-order valence-electron chi connectivity index (χ0n) is 10.6. The average molecular weight is 213 g/mol. The lowest BCUT2D eigenvalue weighted by atomic mass is 9.90. The summed E-state index contributed by atoms with van der Waals surface area (Å²) in [4.78, 5) is 2.60. The molecule has 1 aliphatic heterocycles. The third kappa shape index (κ3) is 3.18. The number of hydrogen-bond acceptors (Lipinski definition) is 2. The maximum Gasteiger partial charge on any atom is 0.0471 e. The summed E-state index contributed by atoms with van der Waals surface area (Å²) in [6.45, 7) is 9.59. The molecule has 0 aliphatic carbocycles. The van der Waals surface area contributed by atoms with Gasteiger partial charge in [-0.15, -0.1) is 0 Å². The molecule has 1 saturated heterocycles. The van der Waals surface area contributed by atoms with E-state index < -0.39 is 0 Å². The fraction of sp³-hybridized carbons (Fsp3) is 1.00. The highest BCUT2D eigenvalue weighted by molar-refractivity contribution is 4.90. The highest BCUT2D eigenvalue weighted by Gasteiger charge is 2.34. The van der Waals surface area contributed by atoms with Crippen LogP contribution in [0.2, 0.25) is 0 Å². The van der Waals surface area contributed by atoms with Gasteiger partial charge >= 0.3 is 0 Å². The van der Waals surface area contributed by atoms with Gasteiger partial charge in [-0.2, -0.15) is 0 Å². The molecular weight excluding hydrogens is 186 g/mol. The van der Waals surface area contributed by atoms with Crippen LogP contribution in [-0.2, 0) is 0 Å². The lowest BCUT2D eigenvalue weighted by Gasteiger charge is -2.38. The molecule has 1 N–H and O–H groups in total. The van der Waals surface area contributed by atoms with Gasteiger partial charge in [0.05, 0.1) is 0 Å². The Hall–Kier alpha value is -0.0800. The first-order valence-electron chi connectivity index (χ1n) is 6.52. The summed E-state index contributed by atoms with van der Waals surface area (Å²) in [6.07, 6.45) is 6.32. The number of aliphatic hydroxyl groups is 1. The number of rotatable bonds is 6. The van der Waals surface area contributed by atoms with E-state index in [4.69, 9.17) is 0 Å². The molecule has 1 heterocycles. The standard InChI is InChI=1S/C13H27NO/c1-4-6-8-13(3,5-2)14-9-7-12(10-14)11-15/h12,15H,4-11H2,1-3H3. The van der Waals surface area contributed by atoms with E-state index in [2.05, 4.69) is 25.7 Å². The molecular formula is C13H27NO. The summed E-state index contributed by atoms with van der Waals surface area (Å²) >= 11 is 0. The van der Waals surface area contributed by atoms with Crippen molar-refractivity contribution >= 4 is 0 Å². The van der Waals surface area contributed by atoms with Crippen molar-refractivity contribution in [2.24, 2.45) is 5.92 Å². The molecule has 1 rings (SSSR count). The first-order chi connectivity index (χ1) is 7.16. The third-order valence-corrected chi connectivity index (χ3v) is 4.14. The van der Waals surface area contributed by atoms with Crippen molar-refractivity contribution in [3.8, 4) is 0 Å². The highest BCUT2D eigenvalue weighted by atomic mass is 16.3. The predicted molar refractivity (Wildman–Crippen MR) is 65.0 cm³/mol. The maximum atomic E-state index is 9.17. The van der Waals surface area contributed by atoms with Crippen LogP contribution in [0.4, 0.5) is 0 Å². The average Bonchev–Trinajstić information content (AvgIpc) is 2.75. The summed E-state index contributed by atoms with van der Waals surface area (Å²) in [7, 11) is 0. The Morgan fingerprint density at radius 1 is 1.40 bits per heavy atom. The molecule has 15 heavy (non-hydrogen) atoms. The van der Waals surface area contributed by atoms with Crippen LogP contribution in [0.1, 0.15) is 52.9 Å². The third-order valence-electron chi connectivity index (χ3n) is 4.14. The fourth-order valence-corrected chi connectivity index (χ4v) is 2.59. The molecule has 2 unspecified atom stereocenters. The van der Waals surface area contributed by atoms with Crippen LogP contribution in [0.15, 0.2) is 0 Å². The van der Waals surface area contributed by atoms with Gasteiger partial charge in [-0.05, 0) is 38.6 Å². The molecule has 0 bridgehead atoms. The second-order valence-corrected chi connectivity index (χ2v) is 5.24. The topological polar surface area (TPSA) is 23.5 Å². The van der Waals surface area contributed by atoms with Gasteiger partial charge in [-0.3, -0.25) is 4.90 Å². The van der Waals surface area contributed by atoms with Gasteiger partial charge in [0.15, 0.2) is 0 Å². The van der Waals surface area contributed by atoms with Crippen molar-refractivity contribution in [3.63, 3.8) is 0 Å². The van der Waals surface area contributed by atoms with Crippen molar-refractivity contribution in [3.05, 3.63) is 0 Å². The Kier molecular flexibility index (Phi) is 5.07. The minimum atomic E-state index is 0.365. The summed E-state index contributed by atoms with van der Waals surface area (Å²) in [5.41, 5.74) is 0.375. The molecule has 0 spiro atoms. The van der Waals surface area contributed by atoms with Gasteiger partial charge in [0.25, 0.3) is 0 Å². The van der Waals surface area contributed by atoms with Crippen molar-refractivity contribution in [2.45, 2.75) is 58.4 Å². The molecule has 2 heteroatoms. The Morgan fingerprint density at radius 3 is 2.60 bits per heavy atom. The van der Waals surface area contributed by atoms with Crippen molar-refractivity contribution in [1.82, 2.24) is 4.90 Å². The molecule has 90 valence electrons. The Balaban J connectivity index is 2.50. The van der Waals surface area contributed by atoms with Crippen LogP contribution in [0, 0.1) is 5.92 Å². The molecule has 1 aliphatic rings. The van der Waals surface area contributed by atoms with Gasteiger partial charge < -0.3 is 5.11 Å². The van der Waals surface area contributed by atoms with Crippen LogP contribution in [0.5, 0.6) is 0 Å². The molecule has 0 aromatic heterocycles. The molecule has 0 aromatic rings. The zero-order chi connectivity index (χ0) is 11.3. The Morgan fingerprint density at radius 2 is 2.13 bits per heavy atom. The van der Waals surface area contributed by atoms with E-state index in [1.165, 1.54) is 38.6 Å². The maximum absolute atomic E-state index is 9.17. The summed E-state index contributed by atoms with van der Waals surface area (Å²) in [5, 5.41) is 9.17. The van der Waals surface area contributed by atoms with Crippen LogP contribution >= 0.6 is 0 Å². The summed E-state index contributed by atoms with van der Waals surface area (Å²) in [6, 6.07) is 0. The molecule has 0 amide bonds. The Labute approximate surface area is 94.7 Å². The van der Waals surface area contributed by atoms with E-state index in [-0.39, 0.29) is 0 Å². The Bertz CT molecular complexity index is 183. The second kappa shape index (κ2) is 5.86. The predicted octanol–water partition coefficient (Wildman–Crippen LogP) is 2.66. The number of aliphatic hydroxyl groups excluding tert-OH is 1. The van der Waals surface area contributed by atoms with Crippen molar-refractivity contribution < 1.29 is 5.11 Å². The quantitative estimate of drug-likeness (QED) is 0.733. The minimum Gasteiger partial charge on any atom is -0.396 e. The van der Waals surface area contributed by atoms with Crippen LogP contribution in [0.25, 0.3) is 0 Å². The summed E-state index contributed by atoms with van der Waals surface area (Å²) < 4.78 is 0. The number of unbranched alkanes of at least 4 members (excludes halogenated alkanes) is 1. The molecule has 2 nitrogen and oxygen atoms in total. The van der Waals surface area contributed by atoms with Gasteiger partial charge in [0, 0.05) is 18.7 Å². The number of nitrogens with zero attached hydrogens (tertiary/aromatic N) is 1. The minimum absolute atomic E-state index is 0.365. The fourth-order valence-electron chi connectivity index (χ4n) is 2.59. The lowest BCUT2D eigenvalue weighted by Crippen LogP contribution is -2.44. The van der Waals surface area contributed by atoms with Gasteiger partial charge in [0.2, 0.25) is 0 Å². The zero-order valence-corrected chi connectivity index (χ0v) is 10.6. The van der Waals surface area contributed by atoms with E-state index in [1.54, 1.807) is 0 Å². The van der Waals surface area contributed by atoms with E-state index in [0.29, 0.717) is 18.1 Å². The summed E-state index contributed by atoms with van der Waals surface area (Å²) in [5.74, 6) is 0.525. The largest absolute Gasteiger partial charge is 0.396 e. The first kappa shape index (κ1) is 13.0. The van der Waals surface area contributed by atoms with E-state index in [9.17, 15) is 5.11 Å². The second-order valence-electron chi connectivity index (χ2n) is 5.24. The van der Waals surface area contributed by atoms with Gasteiger partial charge in [-0.1, -0.05) is 26.7 Å². The number of hydrogen-bond donors (Lipinski definition) is 1. The molecule has 0 radical (unpaired) electrons. The first-order valence-corrected chi connectivity index (χ1v) is 6.52. The SMILES string of the molecule is CCCCC(C)(CC)N1CCC(CO)C1. The smallest absolute Gasteiger partial charge is 0.0471 e. The van der Waals surface area contributed by atoms with E-state index in [0.717, 1.165) is 6.54 Å². The molecule has 1 fully saturated rings. The normalized spacial score (nSPS) is 26.8. The van der Waals surface area contributed by atoms with Crippen LogP contribution in [-0.4, -0.2) is 35.2 Å².